The van der Waals surface area contributed by atoms with Gasteiger partial charge in [0, 0.05) is 17.7 Å². The molecular formula is C19H16N3O3+. The summed E-state index contributed by atoms with van der Waals surface area (Å²) in [4.78, 5) is 24.2. The van der Waals surface area contributed by atoms with Crippen molar-refractivity contribution >= 4 is 17.9 Å². The standard InChI is InChI=1S/C19H15N3O3/c23-18(15-5-2-1-3-6-15)14-22-10-8-16(9-11-22)19(24)21-20-13-17-7-4-12-25-17/h1-13H,14H2/p+1. The summed E-state index contributed by atoms with van der Waals surface area (Å²) in [6.45, 7) is 0.211. The lowest BCUT2D eigenvalue weighted by Crippen LogP contribution is -2.37. The minimum Gasteiger partial charge on any atom is -0.463 e. The van der Waals surface area contributed by atoms with Crippen molar-refractivity contribution in [3.8, 4) is 0 Å². The first-order valence-corrected chi connectivity index (χ1v) is 7.66. The highest BCUT2D eigenvalue weighted by Crippen LogP contribution is 2.01. The average Bonchev–Trinajstić information content (AvgIpc) is 3.16. The Morgan fingerprint density at radius 1 is 1.00 bits per heavy atom. The molecule has 0 saturated heterocycles. The van der Waals surface area contributed by atoms with E-state index in [-0.39, 0.29) is 18.2 Å². The molecule has 0 bridgehead atoms. The Balaban J connectivity index is 1.58. The molecule has 124 valence electrons. The fourth-order valence-electron chi connectivity index (χ4n) is 2.18. The summed E-state index contributed by atoms with van der Waals surface area (Å²) >= 11 is 0. The lowest BCUT2D eigenvalue weighted by molar-refractivity contribution is -0.683. The zero-order chi connectivity index (χ0) is 17.5. The Morgan fingerprint density at radius 2 is 1.76 bits per heavy atom. The molecule has 0 aliphatic rings. The molecule has 3 aromatic rings. The van der Waals surface area contributed by atoms with Crippen LogP contribution in [0.3, 0.4) is 0 Å². The second-order valence-corrected chi connectivity index (χ2v) is 5.26. The van der Waals surface area contributed by atoms with Gasteiger partial charge in [0.15, 0.2) is 12.4 Å². The van der Waals surface area contributed by atoms with Crippen molar-refractivity contribution in [1.82, 2.24) is 5.43 Å². The number of amides is 1. The van der Waals surface area contributed by atoms with Gasteiger partial charge in [-0.1, -0.05) is 30.3 Å². The van der Waals surface area contributed by atoms with Crippen molar-refractivity contribution < 1.29 is 18.6 Å². The number of carbonyl (C=O) groups excluding carboxylic acids is 2. The van der Waals surface area contributed by atoms with Gasteiger partial charge in [-0.2, -0.15) is 9.67 Å². The van der Waals surface area contributed by atoms with Crippen molar-refractivity contribution in [1.29, 1.82) is 0 Å². The summed E-state index contributed by atoms with van der Waals surface area (Å²) < 4.78 is 6.79. The van der Waals surface area contributed by atoms with Crippen molar-refractivity contribution in [2.75, 3.05) is 0 Å². The van der Waals surface area contributed by atoms with Crippen LogP contribution < -0.4 is 9.99 Å². The van der Waals surface area contributed by atoms with Crippen molar-refractivity contribution in [2.24, 2.45) is 5.10 Å². The fraction of sp³-hybridized carbons (Fsp3) is 0.0526. The summed E-state index contributed by atoms with van der Waals surface area (Å²) in [5.41, 5.74) is 3.52. The van der Waals surface area contributed by atoms with Gasteiger partial charge in [-0.25, -0.2) is 5.43 Å². The maximum atomic E-state index is 12.2. The summed E-state index contributed by atoms with van der Waals surface area (Å²) in [5, 5.41) is 3.82. The molecule has 1 amide bonds. The number of carbonyl (C=O) groups is 2. The van der Waals surface area contributed by atoms with Crippen LogP contribution in [-0.4, -0.2) is 17.9 Å². The van der Waals surface area contributed by atoms with Gasteiger partial charge in [0.2, 0.25) is 12.3 Å². The average molecular weight is 334 g/mol. The highest BCUT2D eigenvalue weighted by molar-refractivity contribution is 5.95. The SMILES string of the molecule is O=C(C[n+]1ccc(C(=O)NN=Cc2ccco2)cc1)c1ccccc1. The van der Waals surface area contributed by atoms with Gasteiger partial charge >= 0.3 is 0 Å². The van der Waals surface area contributed by atoms with E-state index in [1.807, 2.05) is 18.2 Å². The third-order valence-corrected chi connectivity index (χ3v) is 3.48. The van der Waals surface area contributed by atoms with E-state index in [9.17, 15) is 9.59 Å². The number of Topliss-reactive ketones (excluding diaryl/α,β-unsaturated/α-hetero) is 1. The number of aromatic nitrogens is 1. The van der Waals surface area contributed by atoms with E-state index in [0.717, 1.165) is 0 Å². The molecule has 0 aliphatic heterocycles. The number of ketones is 1. The molecule has 1 N–H and O–H groups in total. The van der Waals surface area contributed by atoms with Crippen molar-refractivity contribution in [2.45, 2.75) is 6.54 Å². The number of rotatable bonds is 6. The fourth-order valence-corrected chi connectivity index (χ4v) is 2.18. The number of benzene rings is 1. The van der Waals surface area contributed by atoms with E-state index in [0.29, 0.717) is 16.9 Å². The van der Waals surface area contributed by atoms with Crippen LogP contribution in [0.4, 0.5) is 0 Å². The quantitative estimate of drug-likeness (QED) is 0.325. The minimum atomic E-state index is -0.343. The van der Waals surface area contributed by atoms with Crippen LogP contribution in [0.25, 0.3) is 0 Å². The monoisotopic (exact) mass is 334 g/mol. The molecule has 0 aliphatic carbocycles. The first-order chi connectivity index (χ1) is 12.2. The van der Waals surface area contributed by atoms with Gasteiger partial charge in [-0.3, -0.25) is 9.59 Å². The smallest absolute Gasteiger partial charge is 0.271 e. The molecule has 2 heterocycles. The van der Waals surface area contributed by atoms with E-state index in [1.165, 1.54) is 12.5 Å². The van der Waals surface area contributed by atoms with Gasteiger partial charge in [-0.05, 0) is 12.1 Å². The van der Waals surface area contributed by atoms with Gasteiger partial charge in [-0.15, -0.1) is 0 Å². The third kappa shape index (κ3) is 4.48. The molecule has 0 fully saturated rings. The molecule has 0 atom stereocenters. The molecule has 2 aromatic heterocycles. The lowest BCUT2D eigenvalue weighted by atomic mass is 10.1. The molecule has 0 saturated carbocycles. The van der Waals surface area contributed by atoms with Crippen LogP contribution in [0.5, 0.6) is 0 Å². The van der Waals surface area contributed by atoms with Gasteiger partial charge in [0.05, 0.1) is 18.0 Å². The summed E-state index contributed by atoms with van der Waals surface area (Å²) in [7, 11) is 0. The topological polar surface area (TPSA) is 75.5 Å². The Hall–Kier alpha value is -3.54. The van der Waals surface area contributed by atoms with Crippen LogP contribution in [0.15, 0.2) is 82.8 Å². The molecule has 0 unspecified atom stereocenters. The molecule has 6 nitrogen and oxygen atoms in total. The van der Waals surface area contributed by atoms with E-state index < -0.39 is 0 Å². The van der Waals surface area contributed by atoms with Gasteiger partial charge in [0.1, 0.15) is 5.76 Å². The first kappa shape index (κ1) is 16.3. The molecular weight excluding hydrogens is 318 g/mol. The number of hydrogen-bond donors (Lipinski definition) is 1. The highest BCUT2D eigenvalue weighted by atomic mass is 16.3. The van der Waals surface area contributed by atoms with E-state index in [1.54, 1.807) is 53.4 Å². The van der Waals surface area contributed by atoms with E-state index in [4.69, 9.17) is 4.42 Å². The van der Waals surface area contributed by atoms with Crippen molar-refractivity contribution in [3.05, 3.63) is 90.1 Å². The summed E-state index contributed by atoms with van der Waals surface area (Å²) in [6, 6.07) is 15.8. The number of nitrogens with one attached hydrogen (secondary N) is 1. The van der Waals surface area contributed by atoms with Crippen molar-refractivity contribution in [3.63, 3.8) is 0 Å². The predicted octanol–water partition coefficient (Wildman–Crippen LogP) is 2.21. The van der Waals surface area contributed by atoms with Crippen LogP contribution >= 0.6 is 0 Å². The summed E-state index contributed by atoms with van der Waals surface area (Å²) in [6.07, 6.45) is 6.31. The number of hydrazone groups is 1. The zero-order valence-electron chi connectivity index (χ0n) is 13.3. The highest BCUT2D eigenvalue weighted by Gasteiger charge is 2.13. The van der Waals surface area contributed by atoms with Gasteiger partial charge < -0.3 is 4.42 Å². The van der Waals surface area contributed by atoms with Crippen LogP contribution in [0.1, 0.15) is 26.5 Å². The zero-order valence-corrected chi connectivity index (χ0v) is 13.3. The first-order valence-electron chi connectivity index (χ1n) is 7.66. The third-order valence-electron chi connectivity index (χ3n) is 3.48. The maximum absolute atomic E-state index is 12.2. The minimum absolute atomic E-state index is 0.00542. The van der Waals surface area contributed by atoms with E-state index in [2.05, 4.69) is 10.5 Å². The molecule has 0 radical (unpaired) electrons. The molecule has 0 spiro atoms. The molecule has 3 rings (SSSR count). The Kier molecular flexibility index (Phi) is 5.11. The number of pyridine rings is 1. The van der Waals surface area contributed by atoms with Gasteiger partial charge in [0.25, 0.3) is 5.91 Å². The Morgan fingerprint density at radius 3 is 2.44 bits per heavy atom. The molecule has 1 aromatic carbocycles. The van der Waals surface area contributed by atoms with E-state index >= 15 is 0 Å². The van der Waals surface area contributed by atoms with Crippen LogP contribution in [0, 0.1) is 0 Å². The predicted molar refractivity (Wildman–Crippen MR) is 91.2 cm³/mol. The molecule has 6 heteroatoms. The number of hydrogen-bond acceptors (Lipinski definition) is 4. The number of furan rings is 1. The molecule has 25 heavy (non-hydrogen) atoms. The Labute approximate surface area is 144 Å². The normalized spacial score (nSPS) is 10.7. The summed E-state index contributed by atoms with van der Waals surface area (Å²) in [5.74, 6) is 0.209. The lowest BCUT2D eigenvalue weighted by Gasteiger charge is -2.00. The number of nitrogens with zero attached hydrogens (tertiary/aromatic N) is 2. The second kappa shape index (κ2) is 7.83. The Bertz CT molecular complexity index is 870. The maximum Gasteiger partial charge on any atom is 0.271 e. The largest absolute Gasteiger partial charge is 0.463 e. The second-order valence-electron chi connectivity index (χ2n) is 5.26. The van der Waals surface area contributed by atoms with Crippen LogP contribution in [-0.2, 0) is 6.54 Å². The van der Waals surface area contributed by atoms with Crippen LogP contribution in [0.2, 0.25) is 0 Å².